The molecule has 3 heteroatoms. The Bertz CT molecular complexity index is 355. The van der Waals surface area contributed by atoms with Gasteiger partial charge in [-0.05, 0) is 0 Å². The quantitative estimate of drug-likeness (QED) is 0.536. The molecule has 0 aliphatic carbocycles. The Kier molecular flexibility index (Phi) is 1.10. The standard InChI is InChI=1S/C7H4BFO/c9-6-2-1-5-4-8-10-7(5)3-6/h1-4H. The average molecular weight is 134 g/mol. The molecular weight excluding hydrogens is 130 g/mol. The Balaban J connectivity index is 2.86. The summed E-state index contributed by atoms with van der Waals surface area (Å²) >= 11 is 0. The summed E-state index contributed by atoms with van der Waals surface area (Å²) in [5, 5.41) is 0.932. The van der Waals surface area contributed by atoms with Crippen LogP contribution in [-0.4, -0.2) is 7.13 Å². The first-order valence-corrected chi connectivity index (χ1v) is 2.99. The minimum absolute atomic E-state index is 0.262. The van der Waals surface area contributed by atoms with E-state index in [1.54, 1.807) is 19.2 Å². The van der Waals surface area contributed by atoms with Crippen LogP contribution in [-0.2, 0) is 0 Å². The Morgan fingerprint density at radius 2 is 2.30 bits per heavy atom. The van der Waals surface area contributed by atoms with E-state index in [-0.39, 0.29) is 5.82 Å². The third kappa shape index (κ3) is 0.745. The van der Waals surface area contributed by atoms with Crippen LogP contribution in [0.1, 0.15) is 0 Å². The fraction of sp³-hybridized carbons (Fsp3) is 0. The van der Waals surface area contributed by atoms with Crippen LogP contribution >= 0.6 is 0 Å². The molecule has 1 nitrogen and oxygen atoms in total. The van der Waals surface area contributed by atoms with Crippen molar-refractivity contribution in [1.82, 2.24) is 0 Å². The van der Waals surface area contributed by atoms with Gasteiger partial charge in [-0.3, -0.25) is 0 Å². The molecule has 1 heterocycles. The topological polar surface area (TPSA) is 13.1 Å². The van der Waals surface area contributed by atoms with Gasteiger partial charge >= 0.3 is 56.8 Å². The van der Waals surface area contributed by atoms with E-state index in [1.165, 1.54) is 12.1 Å². The summed E-state index contributed by atoms with van der Waals surface area (Å²) in [5.41, 5.74) is 0.597. The van der Waals surface area contributed by atoms with Crippen molar-refractivity contribution in [2.24, 2.45) is 0 Å². The second-order valence-electron chi connectivity index (χ2n) is 2.10. The SMILES string of the molecule is Fc1ccc2cboc2c1. The molecule has 0 N–H and O–H groups in total. The minimum atomic E-state index is -0.262. The van der Waals surface area contributed by atoms with Crippen molar-refractivity contribution in [3.8, 4) is 0 Å². The van der Waals surface area contributed by atoms with Crippen LogP contribution in [0.2, 0.25) is 0 Å². The fourth-order valence-electron chi connectivity index (χ4n) is 0.929. The average Bonchev–Trinajstić information content (AvgIpc) is 2.33. The van der Waals surface area contributed by atoms with Gasteiger partial charge in [-0.25, -0.2) is 0 Å². The molecule has 0 fully saturated rings. The Morgan fingerprint density at radius 1 is 1.40 bits per heavy atom. The van der Waals surface area contributed by atoms with E-state index in [0.29, 0.717) is 5.58 Å². The van der Waals surface area contributed by atoms with Crippen LogP contribution in [0.5, 0.6) is 0 Å². The van der Waals surface area contributed by atoms with E-state index in [9.17, 15) is 4.39 Å². The predicted octanol–water partition coefficient (Wildman–Crippen LogP) is 1.91. The van der Waals surface area contributed by atoms with Crippen molar-refractivity contribution in [2.75, 3.05) is 0 Å². The summed E-state index contributed by atoms with van der Waals surface area (Å²) < 4.78 is 17.4. The molecule has 0 saturated carbocycles. The van der Waals surface area contributed by atoms with E-state index >= 15 is 0 Å². The van der Waals surface area contributed by atoms with Gasteiger partial charge in [0.25, 0.3) is 0 Å². The summed E-state index contributed by atoms with van der Waals surface area (Å²) in [7, 11) is 1.55. The Labute approximate surface area is 57.7 Å². The van der Waals surface area contributed by atoms with Crippen LogP contribution in [0.25, 0.3) is 11.0 Å². The zero-order chi connectivity index (χ0) is 6.97. The van der Waals surface area contributed by atoms with E-state index in [2.05, 4.69) is 0 Å². The van der Waals surface area contributed by atoms with E-state index in [4.69, 9.17) is 4.33 Å². The van der Waals surface area contributed by atoms with Gasteiger partial charge < -0.3 is 0 Å². The molecule has 0 amide bonds. The molecule has 0 bridgehead atoms. The molecule has 10 heavy (non-hydrogen) atoms. The second-order valence-corrected chi connectivity index (χ2v) is 2.10. The molecule has 0 atom stereocenters. The number of halogens is 1. The van der Waals surface area contributed by atoms with E-state index in [0.717, 1.165) is 5.39 Å². The molecule has 0 spiro atoms. The summed E-state index contributed by atoms with van der Waals surface area (Å²) in [6.07, 6.45) is 0. The van der Waals surface area contributed by atoms with E-state index in [1.807, 2.05) is 0 Å². The van der Waals surface area contributed by atoms with Gasteiger partial charge in [-0.2, -0.15) is 0 Å². The van der Waals surface area contributed by atoms with Gasteiger partial charge in [0.1, 0.15) is 0 Å². The second kappa shape index (κ2) is 1.94. The van der Waals surface area contributed by atoms with E-state index < -0.39 is 0 Å². The van der Waals surface area contributed by atoms with Gasteiger partial charge in [0.05, 0.1) is 0 Å². The van der Waals surface area contributed by atoms with Gasteiger partial charge in [0.15, 0.2) is 0 Å². The molecule has 1 aromatic heterocycles. The molecule has 48 valence electrons. The third-order valence-electron chi connectivity index (χ3n) is 1.42. The van der Waals surface area contributed by atoms with Crippen molar-refractivity contribution in [2.45, 2.75) is 0 Å². The van der Waals surface area contributed by atoms with Crippen LogP contribution in [0.3, 0.4) is 0 Å². The monoisotopic (exact) mass is 134 g/mol. The molecule has 2 aromatic rings. The summed E-state index contributed by atoms with van der Waals surface area (Å²) in [6.45, 7) is 0. The van der Waals surface area contributed by atoms with Crippen molar-refractivity contribution in [3.63, 3.8) is 0 Å². The van der Waals surface area contributed by atoms with Crippen LogP contribution in [0.4, 0.5) is 4.39 Å². The Hall–Kier alpha value is -1.12. The number of hydrogen-bond donors (Lipinski definition) is 0. The molecule has 0 saturated heterocycles. The summed E-state index contributed by atoms with van der Waals surface area (Å²) in [6, 6.07) is 4.47. The normalized spacial score (nSPS) is 10.1. The zero-order valence-electron chi connectivity index (χ0n) is 5.17. The first-order chi connectivity index (χ1) is 4.86. The number of hydrogen-bond acceptors (Lipinski definition) is 1. The van der Waals surface area contributed by atoms with Gasteiger partial charge in [0, 0.05) is 0 Å². The van der Waals surface area contributed by atoms with Crippen LogP contribution < -0.4 is 0 Å². The summed E-state index contributed by atoms with van der Waals surface area (Å²) in [4.78, 5) is 0. The Morgan fingerprint density at radius 3 is 3.20 bits per heavy atom. The first kappa shape index (κ1) is 5.65. The molecule has 0 aliphatic heterocycles. The van der Waals surface area contributed by atoms with Crippen molar-refractivity contribution in [3.05, 3.63) is 30.0 Å². The van der Waals surface area contributed by atoms with Gasteiger partial charge in [0.2, 0.25) is 0 Å². The molecule has 2 rings (SSSR count). The number of rotatable bonds is 0. The maximum absolute atomic E-state index is 12.5. The van der Waals surface area contributed by atoms with Gasteiger partial charge in [-0.1, -0.05) is 0 Å². The molecule has 0 unspecified atom stereocenters. The summed E-state index contributed by atoms with van der Waals surface area (Å²) in [5.74, 6) is 1.54. The number of benzene rings is 1. The molecule has 1 aromatic carbocycles. The third-order valence-corrected chi connectivity index (χ3v) is 1.42. The fourth-order valence-corrected chi connectivity index (χ4v) is 0.929. The maximum atomic E-state index is 12.5. The van der Waals surface area contributed by atoms with Crippen molar-refractivity contribution in [1.29, 1.82) is 0 Å². The van der Waals surface area contributed by atoms with Crippen LogP contribution in [0, 0.1) is 5.82 Å². The van der Waals surface area contributed by atoms with Crippen molar-refractivity contribution >= 4 is 18.1 Å². The number of fused-ring (bicyclic) bond motifs is 1. The molecule has 0 aliphatic rings. The van der Waals surface area contributed by atoms with Crippen LogP contribution in [0.15, 0.2) is 28.5 Å². The zero-order valence-corrected chi connectivity index (χ0v) is 5.17. The first-order valence-electron chi connectivity index (χ1n) is 2.99. The van der Waals surface area contributed by atoms with Crippen molar-refractivity contribution < 1.29 is 8.72 Å². The van der Waals surface area contributed by atoms with Gasteiger partial charge in [-0.15, -0.1) is 0 Å². The molecular formula is C7H4BFO. The predicted molar refractivity (Wildman–Crippen MR) is 37.5 cm³/mol. The molecule has 0 radical (unpaired) electrons.